The van der Waals surface area contributed by atoms with Crippen molar-refractivity contribution in [2.24, 2.45) is 5.92 Å². The van der Waals surface area contributed by atoms with Gasteiger partial charge >= 0.3 is 0 Å². The number of benzene rings is 1. The van der Waals surface area contributed by atoms with Crippen molar-refractivity contribution >= 4 is 25.7 Å². The lowest BCUT2D eigenvalue weighted by atomic mass is 10.1. The van der Waals surface area contributed by atoms with Gasteiger partial charge in [-0.2, -0.15) is 0 Å². The lowest BCUT2D eigenvalue weighted by molar-refractivity contribution is 0.519. The van der Waals surface area contributed by atoms with Crippen LogP contribution in [0.3, 0.4) is 0 Å². The fourth-order valence-corrected chi connectivity index (χ4v) is 4.87. The second kappa shape index (κ2) is 8.43. The van der Waals surface area contributed by atoms with Gasteiger partial charge in [-0.25, -0.2) is 25.9 Å². The molecule has 1 atom stereocenters. The Morgan fingerprint density at radius 1 is 1.28 bits per heavy atom. The normalized spacial score (nSPS) is 18.4. The first kappa shape index (κ1) is 20.1. The van der Waals surface area contributed by atoms with Gasteiger partial charge < -0.3 is 5.32 Å². The van der Waals surface area contributed by atoms with Gasteiger partial charge in [0, 0.05) is 6.54 Å². The highest BCUT2D eigenvalue weighted by molar-refractivity contribution is 7.92. The van der Waals surface area contributed by atoms with E-state index in [2.05, 4.69) is 14.8 Å². The molecule has 1 aromatic rings. The van der Waals surface area contributed by atoms with Crippen molar-refractivity contribution in [2.45, 2.75) is 31.1 Å². The van der Waals surface area contributed by atoms with E-state index in [0.29, 0.717) is 18.8 Å². The summed E-state index contributed by atoms with van der Waals surface area (Å²) in [4.78, 5) is -0.229. The number of hydrogen-bond donors (Lipinski definition) is 3. The molecule has 1 saturated heterocycles. The van der Waals surface area contributed by atoms with Gasteiger partial charge in [-0.15, -0.1) is 0 Å². The van der Waals surface area contributed by atoms with Gasteiger partial charge in [0.25, 0.3) is 0 Å². The summed E-state index contributed by atoms with van der Waals surface area (Å²) in [6, 6.07) is 3.13. The molecule has 3 N–H and O–H groups in total. The summed E-state index contributed by atoms with van der Waals surface area (Å²) in [5.41, 5.74) is -0.260. The Kier molecular flexibility index (Phi) is 6.78. The van der Waals surface area contributed by atoms with E-state index in [0.717, 1.165) is 31.6 Å². The molecule has 142 valence electrons. The standard InChI is InChI=1S/C15H24FN3O4S2/c1-2-9-24(20,21)19-15-4-3-13(10-14(15)16)25(22,23)18-8-6-12-5-7-17-11-12/h3-4,10,12,17-19H,2,5-9,11H2,1H3. The van der Waals surface area contributed by atoms with Gasteiger partial charge in [-0.3, -0.25) is 4.72 Å². The van der Waals surface area contributed by atoms with Crippen LogP contribution in [0.1, 0.15) is 26.2 Å². The van der Waals surface area contributed by atoms with E-state index in [-0.39, 0.29) is 22.9 Å². The van der Waals surface area contributed by atoms with Crippen molar-refractivity contribution < 1.29 is 21.2 Å². The summed E-state index contributed by atoms with van der Waals surface area (Å²) in [7, 11) is -7.47. The molecule has 1 heterocycles. The van der Waals surface area contributed by atoms with Crippen LogP contribution in [0.4, 0.5) is 10.1 Å². The Balaban J connectivity index is 2.02. The minimum absolute atomic E-state index is 0.135. The van der Waals surface area contributed by atoms with Crippen LogP contribution in [0.15, 0.2) is 23.1 Å². The second-order valence-corrected chi connectivity index (χ2v) is 9.72. The Morgan fingerprint density at radius 3 is 2.64 bits per heavy atom. The first-order valence-electron chi connectivity index (χ1n) is 8.24. The van der Waals surface area contributed by atoms with Gasteiger partial charge in [0.15, 0.2) is 0 Å². The van der Waals surface area contributed by atoms with E-state index in [1.54, 1.807) is 6.92 Å². The van der Waals surface area contributed by atoms with E-state index < -0.39 is 25.9 Å². The van der Waals surface area contributed by atoms with Gasteiger partial charge in [-0.1, -0.05) is 6.92 Å². The minimum Gasteiger partial charge on any atom is -0.316 e. The maximum atomic E-state index is 14.1. The molecular formula is C15H24FN3O4S2. The molecular weight excluding hydrogens is 369 g/mol. The number of nitrogens with one attached hydrogen (secondary N) is 3. The van der Waals surface area contributed by atoms with E-state index in [9.17, 15) is 21.2 Å². The molecule has 10 heteroatoms. The zero-order valence-electron chi connectivity index (χ0n) is 14.1. The molecule has 0 spiro atoms. The summed E-state index contributed by atoms with van der Waals surface area (Å²) in [6.07, 6.45) is 2.12. The van der Waals surface area contributed by atoms with E-state index in [1.807, 2.05) is 0 Å². The maximum absolute atomic E-state index is 14.1. The SMILES string of the molecule is CCCS(=O)(=O)Nc1ccc(S(=O)(=O)NCCC2CCNC2)cc1F. The molecule has 1 aliphatic heterocycles. The highest BCUT2D eigenvalue weighted by Gasteiger charge is 2.20. The van der Waals surface area contributed by atoms with Gasteiger partial charge in [-0.05, 0) is 56.5 Å². The second-order valence-electron chi connectivity index (χ2n) is 6.11. The zero-order chi connectivity index (χ0) is 18.5. The Morgan fingerprint density at radius 2 is 2.04 bits per heavy atom. The van der Waals surface area contributed by atoms with E-state index in [4.69, 9.17) is 0 Å². The highest BCUT2D eigenvalue weighted by Crippen LogP contribution is 2.20. The predicted molar refractivity (Wildman–Crippen MR) is 94.9 cm³/mol. The molecule has 25 heavy (non-hydrogen) atoms. The number of rotatable bonds is 9. The molecule has 0 aliphatic carbocycles. The summed E-state index contributed by atoms with van der Waals surface area (Å²) < 4.78 is 66.5. The van der Waals surface area contributed by atoms with Crippen molar-refractivity contribution in [2.75, 3.05) is 30.1 Å². The average molecular weight is 394 g/mol. The molecule has 0 radical (unpaired) electrons. The maximum Gasteiger partial charge on any atom is 0.240 e. The molecule has 1 fully saturated rings. The Bertz CT molecular complexity index is 791. The van der Waals surface area contributed by atoms with Crippen LogP contribution in [0.2, 0.25) is 0 Å². The molecule has 1 aromatic carbocycles. The van der Waals surface area contributed by atoms with Crippen LogP contribution in [0.25, 0.3) is 0 Å². The topological polar surface area (TPSA) is 104 Å². The number of hydrogen-bond acceptors (Lipinski definition) is 5. The third-order valence-electron chi connectivity index (χ3n) is 4.00. The first-order valence-corrected chi connectivity index (χ1v) is 11.4. The fraction of sp³-hybridized carbons (Fsp3) is 0.600. The molecule has 1 unspecified atom stereocenters. The summed E-state index contributed by atoms with van der Waals surface area (Å²) in [6.45, 7) is 3.79. The quantitative estimate of drug-likeness (QED) is 0.586. The monoisotopic (exact) mass is 393 g/mol. The number of anilines is 1. The van der Waals surface area contributed by atoms with Gasteiger partial charge in [0.05, 0.1) is 16.3 Å². The highest BCUT2D eigenvalue weighted by atomic mass is 32.2. The average Bonchev–Trinajstić information content (AvgIpc) is 3.02. The molecule has 2 rings (SSSR count). The largest absolute Gasteiger partial charge is 0.316 e. The van der Waals surface area contributed by atoms with Crippen LogP contribution in [0.5, 0.6) is 0 Å². The smallest absolute Gasteiger partial charge is 0.240 e. The molecule has 1 aliphatic rings. The van der Waals surface area contributed by atoms with E-state index in [1.165, 1.54) is 6.07 Å². The van der Waals surface area contributed by atoms with Crippen LogP contribution in [-0.2, 0) is 20.0 Å². The number of sulfonamides is 2. The minimum atomic E-state index is -3.83. The molecule has 0 aromatic heterocycles. The summed E-state index contributed by atoms with van der Waals surface area (Å²) in [5, 5.41) is 3.21. The summed E-state index contributed by atoms with van der Waals surface area (Å²) >= 11 is 0. The Labute approximate surface area is 148 Å². The number of halogens is 1. The van der Waals surface area contributed by atoms with Gasteiger partial charge in [0.1, 0.15) is 5.82 Å². The first-order chi connectivity index (χ1) is 11.7. The molecule has 0 amide bonds. The summed E-state index contributed by atoms with van der Waals surface area (Å²) in [5.74, 6) is -0.623. The van der Waals surface area contributed by atoms with Crippen molar-refractivity contribution in [1.29, 1.82) is 0 Å². The third kappa shape index (κ3) is 5.91. The Hall–Kier alpha value is -1.23. The molecule has 0 saturated carbocycles. The lowest BCUT2D eigenvalue weighted by Gasteiger charge is -2.12. The van der Waals surface area contributed by atoms with Crippen LogP contribution in [0, 0.1) is 11.7 Å². The third-order valence-corrected chi connectivity index (χ3v) is 6.93. The van der Waals surface area contributed by atoms with Crippen LogP contribution in [-0.4, -0.2) is 42.2 Å². The van der Waals surface area contributed by atoms with E-state index >= 15 is 0 Å². The fourth-order valence-electron chi connectivity index (χ4n) is 2.67. The molecule has 7 nitrogen and oxygen atoms in total. The van der Waals surface area contributed by atoms with Crippen molar-refractivity contribution in [3.8, 4) is 0 Å². The van der Waals surface area contributed by atoms with Crippen molar-refractivity contribution in [1.82, 2.24) is 10.0 Å². The lowest BCUT2D eigenvalue weighted by Crippen LogP contribution is -2.27. The predicted octanol–water partition coefficient (Wildman–Crippen LogP) is 1.26. The van der Waals surface area contributed by atoms with Crippen LogP contribution >= 0.6 is 0 Å². The van der Waals surface area contributed by atoms with Crippen molar-refractivity contribution in [3.63, 3.8) is 0 Å². The van der Waals surface area contributed by atoms with Gasteiger partial charge in [0.2, 0.25) is 20.0 Å². The molecule has 0 bridgehead atoms. The zero-order valence-corrected chi connectivity index (χ0v) is 15.7. The van der Waals surface area contributed by atoms with Crippen LogP contribution < -0.4 is 14.8 Å². The van der Waals surface area contributed by atoms with Crippen molar-refractivity contribution in [3.05, 3.63) is 24.0 Å².